The van der Waals surface area contributed by atoms with E-state index in [1.807, 2.05) is 48.5 Å². The van der Waals surface area contributed by atoms with Gasteiger partial charge in [0.25, 0.3) is 0 Å². The maximum atomic E-state index is 10.4. The molecule has 0 bridgehead atoms. The number of piperidine rings is 2. The van der Waals surface area contributed by atoms with Gasteiger partial charge in [-0.2, -0.15) is 0 Å². The van der Waals surface area contributed by atoms with E-state index in [0.717, 1.165) is 63.0 Å². The lowest BCUT2D eigenvalue weighted by Crippen LogP contribution is -2.39. The highest BCUT2D eigenvalue weighted by Crippen LogP contribution is 2.32. The third kappa shape index (κ3) is 5.47. The fourth-order valence-corrected chi connectivity index (χ4v) is 4.11. The molecule has 0 spiro atoms. The van der Waals surface area contributed by atoms with Crippen molar-refractivity contribution in [3.8, 4) is 0 Å². The molecule has 152 valence electrons. The largest absolute Gasteiger partial charge is 0.385 e. The van der Waals surface area contributed by atoms with Crippen LogP contribution < -0.4 is 10.6 Å². The second-order valence-corrected chi connectivity index (χ2v) is 8.45. The van der Waals surface area contributed by atoms with Gasteiger partial charge < -0.3 is 20.8 Å². The number of nitrogens with one attached hydrogen (secondary N) is 2. The smallest absolute Gasteiger partial charge is 0.0921 e. The second-order valence-electron chi connectivity index (χ2n) is 7.58. The monoisotopic (exact) mass is 422 g/mol. The number of aliphatic hydroxyl groups is 2. The van der Waals surface area contributed by atoms with Gasteiger partial charge in [-0.3, -0.25) is 0 Å². The van der Waals surface area contributed by atoms with E-state index in [9.17, 15) is 10.2 Å². The normalized spacial score (nSPS) is 20.7. The van der Waals surface area contributed by atoms with Crippen LogP contribution in [0.25, 0.3) is 0 Å². The summed E-state index contributed by atoms with van der Waals surface area (Å²) in [7, 11) is 0. The van der Waals surface area contributed by atoms with Crippen LogP contribution in [0.2, 0.25) is 10.0 Å². The third-order valence-electron chi connectivity index (χ3n) is 5.60. The van der Waals surface area contributed by atoms with Crippen molar-refractivity contribution in [1.29, 1.82) is 0 Å². The van der Waals surface area contributed by atoms with Crippen LogP contribution in [0, 0.1) is 0 Å². The second kappa shape index (κ2) is 9.57. The summed E-state index contributed by atoms with van der Waals surface area (Å²) in [5.41, 5.74) is 0.571. The van der Waals surface area contributed by atoms with E-state index in [1.165, 1.54) is 0 Å². The Morgan fingerprint density at radius 3 is 1.64 bits per heavy atom. The molecule has 6 heteroatoms. The van der Waals surface area contributed by atoms with Crippen LogP contribution in [0.5, 0.6) is 0 Å². The summed E-state index contributed by atoms with van der Waals surface area (Å²) in [4.78, 5) is 0. The molecule has 2 aliphatic heterocycles. The van der Waals surface area contributed by atoms with Gasteiger partial charge in [-0.25, -0.2) is 0 Å². The average Bonchev–Trinajstić information content (AvgIpc) is 2.70. The quantitative estimate of drug-likeness (QED) is 0.593. The van der Waals surface area contributed by atoms with Crippen LogP contribution in [-0.4, -0.2) is 36.4 Å². The van der Waals surface area contributed by atoms with Gasteiger partial charge in [0.2, 0.25) is 0 Å². The zero-order valence-corrected chi connectivity index (χ0v) is 17.4. The Bertz CT molecular complexity index is 755. The molecule has 4 rings (SSSR count). The van der Waals surface area contributed by atoms with Gasteiger partial charge in [0.05, 0.1) is 11.2 Å². The summed E-state index contributed by atoms with van der Waals surface area (Å²) in [5, 5.41) is 28.6. The molecule has 0 unspecified atom stereocenters. The minimum absolute atomic E-state index is 0.657. The van der Waals surface area contributed by atoms with Crippen molar-refractivity contribution in [3.63, 3.8) is 0 Å². The first kappa shape index (κ1) is 21.6. The molecule has 0 saturated carbocycles. The number of halogens is 2. The lowest BCUT2D eigenvalue weighted by molar-refractivity contribution is 0.00556. The van der Waals surface area contributed by atoms with Crippen molar-refractivity contribution in [2.75, 3.05) is 26.2 Å². The van der Waals surface area contributed by atoms with Crippen LogP contribution >= 0.6 is 23.2 Å². The van der Waals surface area contributed by atoms with E-state index in [1.54, 1.807) is 0 Å². The summed E-state index contributed by atoms with van der Waals surface area (Å²) in [6.45, 7) is 3.48. The van der Waals surface area contributed by atoms with Crippen molar-refractivity contribution < 1.29 is 10.2 Å². The van der Waals surface area contributed by atoms with Crippen LogP contribution in [0.4, 0.5) is 0 Å². The van der Waals surface area contributed by atoms with Gasteiger partial charge in [0.15, 0.2) is 0 Å². The standard InChI is InChI=1S/2C11H14ClNO/c12-10-3-1-9(2-4-10)11(14)5-7-13-8-6-11;12-10-3-1-2-9(8-10)11(14)4-6-13-7-5-11/h1-4,13-14H,5-8H2;1-3,8,13-14H,4-7H2. The molecule has 4 nitrogen and oxygen atoms in total. The Labute approximate surface area is 176 Å². The Balaban J connectivity index is 0.000000161. The van der Waals surface area contributed by atoms with E-state index >= 15 is 0 Å². The Morgan fingerprint density at radius 1 is 0.643 bits per heavy atom. The number of rotatable bonds is 2. The predicted octanol–water partition coefficient (Wildman–Crippen LogP) is 3.82. The summed E-state index contributed by atoms with van der Waals surface area (Å²) >= 11 is 11.7. The molecule has 0 aromatic heterocycles. The number of hydrogen-bond acceptors (Lipinski definition) is 4. The highest BCUT2D eigenvalue weighted by atomic mass is 35.5. The third-order valence-corrected chi connectivity index (χ3v) is 6.09. The molecule has 2 aliphatic rings. The minimum atomic E-state index is -0.684. The van der Waals surface area contributed by atoms with Crippen molar-refractivity contribution in [2.45, 2.75) is 36.9 Å². The van der Waals surface area contributed by atoms with Gasteiger partial charge in [-0.15, -0.1) is 0 Å². The zero-order chi connectivity index (χ0) is 20.0. The van der Waals surface area contributed by atoms with Crippen LogP contribution in [0.1, 0.15) is 36.8 Å². The van der Waals surface area contributed by atoms with Crippen molar-refractivity contribution in [1.82, 2.24) is 10.6 Å². The average molecular weight is 423 g/mol. The number of benzene rings is 2. The molecule has 2 heterocycles. The van der Waals surface area contributed by atoms with Crippen molar-refractivity contribution in [3.05, 3.63) is 69.7 Å². The molecule has 4 N–H and O–H groups in total. The molecule has 28 heavy (non-hydrogen) atoms. The maximum absolute atomic E-state index is 10.4. The van der Waals surface area contributed by atoms with Crippen molar-refractivity contribution >= 4 is 23.2 Å². The summed E-state index contributed by atoms with van der Waals surface area (Å²) in [6, 6.07) is 15.0. The molecule has 0 atom stereocenters. The Hall–Kier alpha value is -1.14. The highest BCUT2D eigenvalue weighted by Gasteiger charge is 2.31. The SMILES string of the molecule is OC1(c2ccc(Cl)cc2)CCNCC1.OC1(c2cccc(Cl)c2)CCNCC1. The first-order valence-electron chi connectivity index (χ1n) is 9.80. The van der Waals surface area contributed by atoms with Gasteiger partial charge in [-0.1, -0.05) is 47.5 Å². The van der Waals surface area contributed by atoms with Gasteiger partial charge in [-0.05, 0) is 87.3 Å². The lowest BCUT2D eigenvalue weighted by atomic mass is 9.85. The first-order valence-corrected chi connectivity index (χ1v) is 10.6. The maximum Gasteiger partial charge on any atom is 0.0921 e. The van der Waals surface area contributed by atoms with Gasteiger partial charge in [0, 0.05) is 10.0 Å². The number of hydrogen-bond donors (Lipinski definition) is 4. The van der Waals surface area contributed by atoms with Crippen LogP contribution in [-0.2, 0) is 11.2 Å². The predicted molar refractivity (Wildman–Crippen MR) is 115 cm³/mol. The van der Waals surface area contributed by atoms with E-state index < -0.39 is 11.2 Å². The Kier molecular flexibility index (Phi) is 7.37. The Morgan fingerprint density at radius 2 is 1.14 bits per heavy atom. The van der Waals surface area contributed by atoms with E-state index in [-0.39, 0.29) is 0 Å². The van der Waals surface area contributed by atoms with E-state index in [0.29, 0.717) is 10.0 Å². The minimum Gasteiger partial charge on any atom is -0.385 e. The summed E-state index contributed by atoms with van der Waals surface area (Å²) in [5.74, 6) is 0. The lowest BCUT2D eigenvalue weighted by Gasteiger charge is -2.33. The van der Waals surface area contributed by atoms with Crippen LogP contribution in [0.3, 0.4) is 0 Å². The summed E-state index contributed by atoms with van der Waals surface area (Å²) < 4.78 is 0. The fourth-order valence-electron chi connectivity index (χ4n) is 3.80. The summed E-state index contributed by atoms with van der Waals surface area (Å²) in [6.07, 6.45) is 3.06. The first-order chi connectivity index (χ1) is 13.4. The van der Waals surface area contributed by atoms with Crippen molar-refractivity contribution in [2.24, 2.45) is 0 Å². The molecule has 0 aliphatic carbocycles. The topological polar surface area (TPSA) is 64.5 Å². The molecule has 0 radical (unpaired) electrons. The molecule has 0 amide bonds. The zero-order valence-electron chi connectivity index (χ0n) is 15.9. The van der Waals surface area contributed by atoms with E-state index in [2.05, 4.69) is 10.6 Å². The van der Waals surface area contributed by atoms with Crippen LogP contribution in [0.15, 0.2) is 48.5 Å². The molecule has 2 aromatic carbocycles. The molecule has 2 aromatic rings. The van der Waals surface area contributed by atoms with E-state index in [4.69, 9.17) is 23.2 Å². The molecular formula is C22H28Cl2N2O2. The molecule has 2 saturated heterocycles. The van der Waals surface area contributed by atoms with Gasteiger partial charge >= 0.3 is 0 Å². The molecule has 2 fully saturated rings. The molecular weight excluding hydrogens is 395 g/mol. The highest BCUT2D eigenvalue weighted by molar-refractivity contribution is 6.30. The fraction of sp³-hybridized carbons (Fsp3) is 0.455. The van der Waals surface area contributed by atoms with Gasteiger partial charge in [0.1, 0.15) is 0 Å².